The van der Waals surface area contributed by atoms with Crippen molar-refractivity contribution in [2.24, 2.45) is 4.99 Å². The normalized spacial score (nSPS) is 16.6. The maximum atomic E-state index is 12.9. The Hall–Kier alpha value is -2.04. The van der Waals surface area contributed by atoms with Gasteiger partial charge < -0.3 is 4.90 Å². The van der Waals surface area contributed by atoms with E-state index in [4.69, 9.17) is 11.6 Å². The van der Waals surface area contributed by atoms with Crippen LogP contribution < -0.4 is 0 Å². The van der Waals surface area contributed by atoms with E-state index >= 15 is 0 Å². The van der Waals surface area contributed by atoms with Crippen molar-refractivity contribution in [2.75, 3.05) is 13.1 Å². The molecule has 2 aromatic rings. The van der Waals surface area contributed by atoms with Gasteiger partial charge in [0.05, 0.1) is 17.1 Å². The smallest absolute Gasteiger partial charge is 0.201 e. The lowest BCUT2D eigenvalue weighted by Gasteiger charge is -2.17. The van der Waals surface area contributed by atoms with E-state index in [2.05, 4.69) is 9.89 Å². The van der Waals surface area contributed by atoms with Crippen LogP contribution in [0.5, 0.6) is 0 Å². The fraction of sp³-hybridized carbons (Fsp3) is 0.111. The van der Waals surface area contributed by atoms with Crippen molar-refractivity contribution in [3.8, 4) is 0 Å². The van der Waals surface area contributed by atoms with E-state index in [1.54, 1.807) is 0 Å². The van der Waals surface area contributed by atoms with Gasteiger partial charge in [-0.05, 0) is 29.5 Å². The molecule has 0 radical (unpaired) electrons. The van der Waals surface area contributed by atoms with Crippen molar-refractivity contribution in [3.63, 3.8) is 0 Å². The van der Waals surface area contributed by atoms with Crippen molar-refractivity contribution in [2.45, 2.75) is 0 Å². The number of fused-ring (bicyclic) bond motifs is 1. The molecule has 0 unspecified atom stereocenters. The summed E-state index contributed by atoms with van der Waals surface area (Å²) in [6.45, 7) is 1.58. The van der Waals surface area contributed by atoms with Gasteiger partial charge in [-0.1, -0.05) is 54.1 Å². The van der Waals surface area contributed by atoms with E-state index in [1.165, 1.54) is 11.8 Å². The topological polar surface area (TPSA) is 32.7 Å². The second kappa shape index (κ2) is 5.87. The number of thioether (sulfide) groups is 1. The number of aliphatic imine (C=N–C) groups is 1. The molecule has 2 heterocycles. The van der Waals surface area contributed by atoms with Crippen LogP contribution >= 0.6 is 23.4 Å². The van der Waals surface area contributed by atoms with Gasteiger partial charge in [0, 0.05) is 17.1 Å². The molecule has 0 saturated carbocycles. The standard InChI is InChI=1S/C18H13ClN2OS/c19-14-8-6-12(7-9-14)15-17(23-18-20-10-11-21(15)18)16(22)13-4-2-1-3-5-13/h1-9H,10-11H2. The van der Waals surface area contributed by atoms with Gasteiger partial charge in [-0.15, -0.1) is 0 Å². The second-order valence-corrected chi connectivity index (χ2v) is 6.71. The fourth-order valence-corrected chi connectivity index (χ4v) is 4.05. The lowest BCUT2D eigenvalue weighted by atomic mass is 10.1. The van der Waals surface area contributed by atoms with Gasteiger partial charge in [0.25, 0.3) is 0 Å². The Bertz CT molecular complexity index is 828. The molecule has 0 aromatic heterocycles. The Morgan fingerprint density at radius 3 is 2.57 bits per heavy atom. The molecule has 114 valence electrons. The number of hydrogen-bond acceptors (Lipinski definition) is 4. The number of hydrogen-bond donors (Lipinski definition) is 0. The molecular formula is C18H13ClN2OS. The van der Waals surface area contributed by atoms with Gasteiger partial charge in [-0.2, -0.15) is 0 Å². The molecule has 23 heavy (non-hydrogen) atoms. The quantitative estimate of drug-likeness (QED) is 0.780. The predicted octanol–water partition coefficient (Wildman–Crippen LogP) is 4.31. The molecule has 2 aromatic carbocycles. The number of halogens is 1. The fourth-order valence-electron chi connectivity index (χ4n) is 2.75. The van der Waals surface area contributed by atoms with Crippen LogP contribution in [0.1, 0.15) is 15.9 Å². The van der Waals surface area contributed by atoms with Crippen LogP contribution in [0.3, 0.4) is 0 Å². The molecule has 0 spiro atoms. The van der Waals surface area contributed by atoms with Crippen LogP contribution in [0.4, 0.5) is 0 Å². The van der Waals surface area contributed by atoms with Crippen molar-refractivity contribution in [1.29, 1.82) is 0 Å². The SMILES string of the molecule is O=C(C1=C(c2ccc(Cl)cc2)N2CCN=C2S1)c1ccccc1. The van der Waals surface area contributed by atoms with Crippen LogP contribution in [0.25, 0.3) is 5.70 Å². The average Bonchev–Trinajstić information content (AvgIpc) is 3.17. The third kappa shape index (κ3) is 2.58. The second-order valence-electron chi connectivity index (χ2n) is 5.30. The monoisotopic (exact) mass is 340 g/mol. The number of rotatable bonds is 3. The van der Waals surface area contributed by atoms with E-state index in [0.29, 0.717) is 10.6 Å². The zero-order chi connectivity index (χ0) is 15.8. The summed E-state index contributed by atoms with van der Waals surface area (Å²) < 4.78 is 0. The summed E-state index contributed by atoms with van der Waals surface area (Å²) >= 11 is 7.46. The lowest BCUT2D eigenvalue weighted by molar-refractivity contribution is 0.104. The molecule has 0 atom stereocenters. The van der Waals surface area contributed by atoms with Crippen LogP contribution in [0.2, 0.25) is 5.02 Å². The minimum atomic E-state index is 0.0395. The summed E-state index contributed by atoms with van der Waals surface area (Å²) in [5.74, 6) is 0.0395. The minimum absolute atomic E-state index is 0.0395. The first-order valence-electron chi connectivity index (χ1n) is 7.34. The third-order valence-corrected chi connectivity index (χ3v) is 5.21. The van der Waals surface area contributed by atoms with Crippen LogP contribution in [0, 0.1) is 0 Å². The molecule has 0 bridgehead atoms. The lowest BCUT2D eigenvalue weighted by Crippen LogP contribution is -2.20. The highest BCUT2D eigenvalue weighted by Crippen LogP contribution is 2.43. The minimum Gasteiger partial charge on any atom is -0.317 e. The first-order chi connectivity index (χ1) is 11.2. The van der Waals surface area contributed by atoms with E-state index < -0.39 is 0 Å². The van der Waals surface area contributed by atoms with E-state index in [1.807, 2.05) is 54.6 Å². The van der Waals surface area contributed by atoms with Gasteiger partial charge in [0.15, 0.2) is 5.17 Å². The molecule has 2 aliphatic heterocycles. The number of carbonyl (C=O) groups excluding carboxylic acids is 1. The van der Waals surface area contributed by atoms with Crippen molar-refractivity contribution >= 4 is 40.0 Å². The number of ketones is 1. The Morgan fingerprint density at radius 2 is 1.83 bits per heavy atom. The van der Waals surface area contributed by atoms with Gasteiger partial charge in [-0.3, -0.25) is 9.79 Å². The summed E-state index contributed by atoms with van der Waals surface area (Å²) in [6, 6.07) is 17.0. The molecule has 0 saturated heterocycles. The van der Waals surface area contributed by atoms with Crippen LogP contribution in [0.15, 0.2) is 64.5 Å². The number of amidine groups is 1. The van der Waals surface area contributed by atoms with Crippen molar-refractivity contribution < 1.29 is 4.79 Å². The molecule has 0 aliphatic carbocycles. The summed E-state index contributed by atoms with van der Waals surface area (Å²) in [6.07, 6.45) is 0. The Kier molecular flexibility index (Phi) is 3.71. The number of Topliss-reactive ketones (excluding diaryl/α,β-unsaturated/α-hetero) is 1. The molecule has 0 amide bonds. The summed E-state index contributed by atoms with van der Waals surface area (Å²) in [7, 11) is 0. The van der Waals surface area contributed by atoms with Gasteiger partial charge >= 0.3 is 0 Å². The van der Waals surface area contributed by atoms with Crippen molar-refractivity contribution in [1.82, 2.24) is 4.90 Å². The molecule has 3 nitrogen and oxygen atoms in total. The highest BCUT2D eigenvalue weighted by Gasteiger charge is 2.36. The molecule has 4 rings (SSSR count). The average molecular weight is 341 g/mol. The number of benzene rings is 2. The van der Waals surface area contributed by atoms with Crippen LogP contribution in [-0.4, -0.2) is 28.9 Å². The maximum Gasteiger partial charge on any atom is 0.201 e. The largest absolute Gasteiger partial charge is 0.317 e. The molecule has 0 fully saturated rings. The highest BCUT2D eigenvalue weighted by atomic mass is 35.5. The first kappa shape index (κ1) is 14.5. The number of carbonyl (C=O) groups is 1. The Morgan fingerprint density at radius 1 is 1.09 bits per heavy atom. The maximum absolute atomic E-state index is 12.9. The van der Waals surface area contributed by atoms with Crippen LogP contribution in [-0.2, 0) is 0 Å². The Labute approximate surface area is 143 Å². The molecule has 2 aliphatic rings. The number of nitrogens with zero attached hydrogens (tertiary/aromatic N) is 2. The van der Waals surface area contributed by atoms with E-state index in [-0.39, 0.29) is 5.78 Å². The van der Waals surface area contributed by atoms with Crippen molar-refractivity contribution in [3.05, 3.63) is 75.7 Å². The van der Waals surface area contributed by atoms with E-state index in [9.17, 15) is 4.79 Å². The predicted molar refractivity (Wildman–Crippen MR) is 95.7 cm³/mol. The molecule has 5 heteroatoms. The summed E-state index contributed by atoms with van der Waals surface area (Å²) in [5, 5.41) is 1.60. The first-order valence-corrected chi connectivity index (χ1v) is 8.53. The summed E-state index contributed by atoms with van der Waals surface area (Å²) in [4.78, 5) is 20.3. The van der Waals surface area contributed by atoms with Gasteiger partial charge in [0.2, 0.25) is 5.78 Å². The highest BCUT2D eigenvalue weighted by molar-refractivity contribution is 8.18. The number of allylic oxidation sites excluding steroid dienone is 1. The molecular weight excluding hydrogens is 328 g/mol. The third-order valence-electron chi connectivity index (χ3n) is 3.84. The van der Waals surface area contributed by atoms with Gasteiger partial charge in [-0.25, -0.2) is 0 Å². The Balaban J connectivity index is 1.83. The van der Waals surface area contributed by atoms with E-state index in [0.717, 1.165) is 34.4 Å². The zero-order valence-electron chi connectivity index (χ0n) is 12.2. The van der Waals surface area contributed by atoms with Gasteiger partial charge in [0.1, 0.15) is 0 Å². The summed E-state index contributed by atoms with van der Waals surface area (Å²) in [5.41, 5.74) is 2.63. The molecule has 0 N–H and O–H groups in total. The zero-order valence-corrected chi connectivity index (χ0v) is 13.8.